The van der Waals surface area contributed by atoms with E-state index in [1.54, 1.807) is 25.3 Å². The fourth-order valence-corrected chi connectivity index (χ4v) is 2.96. The molecule has 1 N–H and O–H groups in total. The monoisotopic (exact) mass is 350 g/mol. The Kier molecular flexibility index (Phi) is 5.67. The fraction of sp³-hybridized carbons (Fsp3) is 0.158. The lowest BCUT2D eigenvalue weighted by Crippen LogP contribution is -2.06. The summed E-state index contributed by atoms with van der Waals surface area (Å²) in [7, 11) is 0. The largest absolute Gasteiger partial charge is 0.507 e. The zero-order chi connectivity index (χ0) is 17.7. The van der Waals surface area contributed by atoms with Gasteiger partial charge in [-0.25, -0.2) is 0 Å². The van der Waals surface area contributed by atoms with Crippen molar-refractivity contribution in [3.63, 3.8) is 0 Å². The topological polar surface area (TPSA) is 20.2 Å². The lowest BCUT2D eigenvalue weighted by Gasteiger charge is -2.14. The third kappa shape index (κ3) is 4.61. The number of rotatable bonds is 1. The van der Waals surface area contributed by atoms with Crippen LogP contribution in [0.4, 0.5) is 13.2 Å². The minimum Gasteiger partial charge on any atom is -0.507 e. The molecule has 2 aromatic carbocycles. The summed E-state index contributed by atoms with van der Waals surface area (Å²) in [5, 5.41) is 12.0. The number of aryl methyl sites for hydroxylation is 2. The van der Waals surface area contributed by atoms with Crippen molar-refractivity contribution in [1.29, 1.82) is 0 Å². The smallest absolute Gasteiger partial charge is 0.416 e. The van der Waals surface area contributed by atoms with Crippen molar-refractivity contribution in [3.8, 4) is 16.9 Å². The molecule has 0 aliphatic heterocycles. The van der Waals surface area contributed by atoms with Crippen molar-refractivity contribution < 1.29 is 18.3 Å². The number of hydrogen-bond donors (Lipinski definition) is 1. The second-order valence-corrected chi connectivity index (χ2v) is 6.11. The predicted octanol–water partition coefficient (Wildman–Crippen LogP) is 6.44. The van der Waals surface area contributed by atoms with Crippen LogP contribution in [0.3, 0.4) is 0 Å². The van der Waals surface area contributed by atoms with Gasteiger partial charge in [0.05, 0.1) is 5.56 Å². The van der Waals surface area contributed by atoms with Crippen LogP contribution < -0.4 is 0 Å². The summed E-state index contributed by atoms with van der Waals surface area (Å²) < 4.78 is 38.0. The molecule has 0 unspecified atom stereocenters. The van der Waals surface area contributed by atoms with E-state index in [1.165, 1.54) is 23.5 Å². The predicted molar refractivity (Wildman–Crippen MR) is 92.3 cm³/mol. The van der Waals surface area contributed by atoms with Gasteiger partial charge in [0.1, 0.15) is 5.75 Å². The minimum atomic E-state index is -4.29. The summed E-state index contributed by atoms with van der Waals surface area (Å²) in [5.41, 5.74) is 2.53. The van der Waals surface area contributed by atoms with Crippen LogP contribution in [0.25, 0.3) is 11.1 Å². The summed E-state index contributed by atoms with van der Waals surface area (Å²) in [6, 6.07) is 13.5. The van der Waals surface area contributed by atoms with Crippen molar-refractivity contribution in [2.75, 3.05) is 0 Å². The zero-order valence-electron chi connectivity index (χ0n) is 13.3. The van der Waals surface area contributed by atoms with E-state index in [0.29, 0.717) is 16.9 Å². The van der Waals surface area contributed by atoms with E-state index >= 15 is 0 Å². The number of hydrogen-bond acceptors (Lipinski definition) is 2. The number of benzene rings is 2. The highest BCUT2D eigenvalue weighted by molar-refractivity contribution is 7.08. The molecule has 0 spiro atoms. The summed E-state index contributed by atoms with van der Waals surface area (Å²) in [6.45, 7) is 3.43. The third-order valence-corrected chi connectivity index (χ3v) is 4.10. The van der Waals surface area contributed by atoms with E-state index in [0.717, 1.165) is 11.1 Å². The Morgan fingerprint density at radius 2 is 1.50 bits per heavy atom. The summed E-state index contributed by atoms with van der Waals surface area (Å²) in [5.74, 6) is 0.361. The number of aromatic hydroxyl groups is 1. The Hall–Kier alpha value is -2.27. The molecule has 3 rings (SSSR count). The fourth-order valence-electron chi connectivity index (χ4n) is 2.44. The van der Waals surface area contributed by atoms with Crippen LogP contribution in [0.5, 0.6) is 5.75 Å². The second kappa shape index (κ2) is 7.53. The first kappa shape index (κ1) is 18.1. The van der Waals surface area contributed by atoms with E-state index in [1.807, 2.05) is 35.7 Å². The number of thiophene rings is 1. The van der Waals surface area contributed by atoms with E-state index in [-0.39, 0.29) is 0 Å². The number of halogens is 3. The normalized spacial score (nSPS) is 10.9. The molecule has 3 aromatic rings. The summed E-state index contributed by atoms with van der Waals surface area (Å²) in [6.07, 6.45) is -4.29. The molecule has 0 amide bonds. The highest BCUT2D eigenvalue weighted by atomic mass is 32.1. The van der Waals surface area contributed by atoms with Gasteiger partial charge < -0.3 is 5.11 Å². The first-order valence-corrected chi connectivity index (χ1v) is 8.18. The quantitative estimate of drug-likeness (QED) is 0.535. The molecule has 5 heteroatoms. The Labute approximate surface area is 143 Å². The van der Waals surface area contributed by atoms with Crippen molar-refractivity contribution in [1.82, 2.24) is 0 Å². The van der Waals surface area contributed by atoms with Crippen molar-refractivity contribution >= 4 is 11.3 Å². The van der Waals surface area contributed by atoms with Crippen molar-refractivity contribution in [2.24, 2.45) is 0 Å². The molecule has 0 fully saturated rings. The Morgan fingerprint density at radius 3 is 1.88 bits per heavy atom. The maximum atomic E-state index is 12.7. The first-order chi connectivity index (χ1) is 11.3. The lowest BCUT2D eigenvalue weighted by atomic mass is 9.93. The van der Waals surface area contributed by atoms with Gasteiger partial charge in [0.15, 0.2) is 0 Å². The molecule has 0 saturated carbocycles. The van der Waals surface area contributed by atoms with Gasteiger partial charge in [-0.2, -0.15) is 13.2 Å². The van der Waals surface area contributed by atoms with E-state index in [2.05, 4.69) is 0 Å². The number of alkyl halides is 3. The Morgan fingerprint density at radius 1 is 0.917 bits per heavy atom. The molecular formula is C19H17F3OS. The van der Waals surface area contributed by atoms with Gasteiger partial charge in [-0.1, -0.05) is 30.3 Å². The second-order valence-electron chi connectivity index (χ2n) is 5.33. The molecule has 1 aromatic heterocycles. The molecule has 24 heavy (non-hydrogen) atoms. The van der Waals surface area contributed by atoms with Crippen LogP contribution in [0.1, 0.15) is 16.7 Å². The lowest BCUT2D eigenvalue weighted by molar-refractivity contribution is -0.137. The van der Waals surface area contributed by atoms with Crippen LogP contribution >= 0.6 is 11.3 Å². The maximum Gasteiger partial charge on any atom is 0.416 e. The molecule has 0 aliphatic carbocycles. The van der Waals surface area contributed by atoms with Crippen LogP contribution in [0.2, 0.25) is 0 Å². The minimum absolute atomic E-state index is 0.361. The standard InChI is InChI=1S/C15H13F3.C4H4OS/c1-10-8-13(15(16,17)18)9-11(2)14(10)12-6-4-3-5-7-12;5-4-1-2-6-3-4/h3-9H,1-2H3;1-3,5H. The first-order valence-electron chi connectivity index (χ1n) is 7.24. The highest BCUT2D eigenvalue weighted by Crippen LogP contribution is 2.35. The SMILES string of the molecule is Cc1cc(C(F)(F)F)cc(C)c1-c1ccccc1.Oc1ccsc1. The van der Waals surface area contributed by atoms with Crippen LogP contribution in [0.15, 0.2) is 59.3 Å². The zero-order valence-corrected chi connectivity index (χ0v) is 14.1. The van der Waals surface area contributed by atoms with Gasteiger partial charge in [0.2, 0.25) is 0 Å². The van der Waals surface area contributed by atoms with Crippen molar-refractivity contribution in [3.05, 3.63) is 76.0 Å². The maximum absolute atomic E-state index is 12.7. The van der Waals surface area contributed by atoms with Gasteiger partial charge in [0, 0.05) is 5.38 Å². The Bertz CT molecular complexity index is 755. The summed E-state index contributed by atoms with van der Waals surface area (Å²) in [4.78, 5) is 0. The molecular weight excluding hydrogens is 333 g/mol. The third-order valence-electron chi connectivity index (χ3n) is 3.43. The highest BCUT2D eigenvalue weighted by Gasteiger charge is 2.31. The molecule has 0 aliphatic rings. The average Bonchev–Trinajstić information content (AvgIpc) is 2.98. The van der Waals surface area contributed by atoms with Gasteiger partial charge >= 0.3 is 6.18 Å². The molecule has 1 nitrogen and oxygen atoms in total. The molecule has 0 saturated heterocycles. The van der Waals surface area contributed by atoms with Crippen LogP contribution in [-0.2, 0) is 6.18 Å². The molecule has 126 valence electrons. The van der Waals surface area contributed by atoms with E-state index in [9.17, 15) is 13.2 Å². The average molecular weight is 350 g/mol. The van der Waals surface area contributed by atoms with Gasteiger partial charge in [-0.15, -0.1) is 11.3 Å². The molecule has 0 atom stereocenters. The van der Waals surface area contributed by atoms with Gasteiger partial charge in [-0.3, -0.25) is 0 Å². The van der Waals surface area contributed by atoms with Gasteiger partial charge in [-0.05, 0) is 59.7 Å². The van der Waals surface area contributed by atoms with Crippen LogP contribution in [-0.4, -0.2) is 5.11 Å². The molecule has 0 bridgehead atoms. The summed E-state index contributed by atoms with van der Waals surface area (Å²) >= 11 is 1.49. The van der Waals surface area contributed by atoms with Crippen molar-refractivity contribution in [2.45, 2.75) is 20.0 Å². The van der Waals surface area contributed by atoms with E-state index in [4.69, 9.17) is 5.11 Å². The Balaban J connectivity index is 0.000000292. The molecule has 0 radical (unpaired) electrons. The molecule has 1 heterocycles. The van der Waals surface area contributed by atoms with E-state index < -0.39 is 11.7 Å². The van der Waals surface area contributed by atoms with Gasteiger partial charge in [0.25, 0.3) is 0 Å². The van der Waals surface area contributed by atoms with Crippen LogP contribution in [0, 0.1) is 13.8 Å².